The molecule has 0 radical (unpaired) electrons. The smallest absolute Gasteiger partial charge is 0.272 e. The van der Waals surface area contributed by atoms with Gasteiger partial charge in [0.2, 0.25) is 5.91 Å². The first-order chi connectivity index (χ1) is 9.38. The Balaban J connectivity index is 2.33. The van der Waals surface area contributed by atoms with E-state index in [2.05, 4.69) is 26.2 Å². The average molecular weight is 340 g/mol. The van der Waals surface area contributed by atoms with Crippen LogP contribution in [0.1, 0.15) is 26.4 Å². The van der Waals surface area contributed by atoms with E-state index in [-0.39, 0.29) is 16.8 Å². The molecule has 2 rings (SSSR count). The van der Waals surface area contributed by atoms with E-state index in [9.17, 15) is 14.0 Å². The van der Waals surface area contributed by atoms with Gasteiger partial charge in [-0.15, -0.1) is 0 Å². The molecule has 0 saturated heterocycles. The summed E-state index contributed by atoms with van der Waals surface area (Å²) in [6.07, 6.45) is 1.60. The number of aromatic nitrogens is 1. The van der Waals surface area contributed by atoms with Crippen molar-refractivity contribution in [1.82, 2.24) is 4.98 Å². The fourth-order valence-corrected chi connectivity index (χ4v) is 1.98. The molecule has 1 aromatic carbocycles. The Morgan fingerprint density at radius 3 is 2.60 bits per heavy atom. The van der Waals surface area contributed by atoms with Gasteiger partial charge in [0.15, 0.2) is 0 Å². The Labute approximate surface area is 122 Å². The number of nitrogens with one attached hydrogen (secondary N) is 2. The number of hydrogen-bond donors (Lipinski definition) is 3. The van der Waals surface area contributed by atoms with Gasteiger partial charge in [0.05, 0.1) is 0 Å². The molecule has 1 heterocycles. The molecule has 0 spiro atoms. The summed E-state index contributed by atoms with van der Waals surface area (Å²) < 4.78 is 14.4. The second-order valence-electron chi connectivity index (χ2n) is 4.18. The van der Waals surface area contributed by atoms with Gasteiger partial charge in [-0.1, -0.05) is 0 Å². The summed E-state index contributed by atoms with van der Waals surface area (Å²) in [4.78, 5) is 25.8. The van der Waals surface area contributed by atoms with E-state index in [4.69, 9.17) is 5.73 Å². The molecule has 4 N–H and O–H groups in total. The second kappa shape index (κ2) is 5.46. The van der Waals surface area contributed by atoms with Gasteiger partial charge in [-0.2, -0.15) is 0 Å². The third kappa shape index (κ3) is 2.88. The van der Waals surface area contributed by atoms with Crippen LogP contribution in [0.2, 0.25) is 0 Å². The van der Waals surface area contributed by atoms with Crippen molar-refractivity contribution in [3.05, 3.63) is 51.5 Å². The van der Waals surface area contributed by atoms with Crippen LogP contribution in [-0.4, -0.2) is 16.8 Å². The van der Waals surface area contributed by atoms with E-state index in [0.29, 0.717) is 5.69 Å². The third-order valence-corrected chi connectivity index (χ3v) is 3.23. The van der Waals surface area contributed by atoms with Crippen molar-refractivity contribution in [1.29, 1.82) is 0 Å². The molecule has 0 aliphatic rings. The number of halogens is 2. The molecule has 20 heavy (non-hydrogen) atoms. The number of aromatic amines is 1. The molecule has 0 unspecified atom stereocenters. The zero-order valence-electron chi connectivity index (χ0n) is 10.5. The molecular formula is C13H11BrFN3O2. The standard InChI is InChI=1S/C13H11BrFN3O2/c1-6-9(15)2-7(12(16)19)3-10(6)18-13(20)11-4-8(14)5-17-11/h2-5,17H,1H3,(H2,16,19)(H,18,20). The highest BCUT2D eigenvalue weighted by molar-refractivity contribution is 9.10. The molecule has 0 aliphatic carbocycles. The molecule has 0 saturated carbocycles. The predicted molar refractivity (Wildman–Crippen MR) is 76.1 cm³/mol. The number of benzene rings is 1. The number of carbonyl (C=O) groups excluding carboxylic acids is 2. The molecule has 2 amide bonds. The van der Waals surface area contributed by atoms with Crippen LogP contribution in [0.15, 0.2) is 28.9 Å². The molecule has 0 bridgehead atoms. The highest BCUT2D eigenvalue weighted by atomic mass is 79.9. The van der Waals surface area contributed by atoms with Crippen LogP contribution >= 0.6 is 15.9 Å². The summed E-state index contributed by atoms with van der Waals surface area (Å²) in [7, 11) is 0. The monoisotopic (exact) mass is 339 g/mol. The summed E-state index contributed by atoms with van der Waals surface area (Å²) >= 11 is 3.21. The van der Waals surface area contributed by atoms with Gasteiger partial charge in [-0.3, -0.25) is 9.59 Å². The van der Waals surface area contributed by atoms with E-state index in [1.54, 1.807) is 12.3 Å². The molecule has 5 nitrogen and oxygen atoms in total. The minimum absolute atomic E-state index is 0.00364. The third-order valence-electron chi connectivity index (χ3n) is 2.77. The molecule has 2 aromatic rings. The SMILES string of the molecule is Cc1c(F)cc(C(N)=O)cc1NC(=O)c1cc(Br)c[nH]1. The number of amides is 2. The highest BCUT2D eigenvalue weighted by Crippen LogP contribution is 2.21. The summed E-state index contributed by atoms with van der Waals surface area (Å²) in [6.45, 7) is 1.50. The van der Waals surface area contributed by atoms with Crippen molar-refractivity contribution in [3.63, 3.8) is 0 Å². The Morgan fingerprint density at radius 1 is 1.35 bits per heavy atom. The maximum atomic E-state index is 13.7. The Morgan fingerprint density at radius 2 is 2.05 bits per heavy atom. The minimum Gasteiger partial charge on any atom is -0.366 e. The van der Waals surface area contributed by atoms with Crippen LogP contribution in [0.3, 0.4) is 0 Å². The molecule has 0 atom stereocenters. The summed E-state index contributed by atoms with van der Waals surface area (Å²) in [5, 5.41) is 2.54. The Hall–Kier alpha value is -2.15. The summed E-state index contributed by atoms with van der Waals surface area (Å²) in [6, 6.07) is 3.97. The number of carbonyl (C=O) groups is 2. The lowest BCUT2D eigenvalue weighted by Gasteiger charge is -2.10. The van der Waals surface area contributed by atoms with Crippen LogP contribution in [0, 0.1) is 12.7 Å². The van der Waals surface area contributed by atoms with E-state index in [1.165, 1.54) is 13.0 Å². The van der Waals surface area contributed by atoms with Crippen molar-refractivity contribution < 1.29 is 14.0 Å². The average Bonchev–Trinajstić information content (AvgIpc) is 2.81. The Kier molecular flexibility index (Phi) is 3.89. The van der Waals surface area contributed by atoms with Gasteiger partial charge in [-0.05, 0) is 41.1 Å². The Bertz CT molecular complexity index is 697. The van der Waals surface area contributed by atoms with Gasteiger partial charge >= 0.3 is 0 Å². The van der Waals surface area contributed by atoms with Crippen molar-refractivity contribution in [3.8, 4) is 0 Å². The quantitative estimate of drug-likeness (QED) is 0.802. The van der Waals surface area contributed by atoms with Gasteiger partial charge in [0.25, 0.3) is 5.91 Å². The largest absolute Gasteiger partial charge is 0.366 e. The molecule has 104 valence electrons. The molecule has 1 aromatic heterocycles. The van der Waals surface area contributed by atoms with Crippen molar-refractivity contribution in [2.75, 3.05) is 5.32 Å². The zero-order valence-corrected chi connectivity index (χ0v) is 12.0. The first-order valence-electron chi connectivity index (χ1n) is 5.63. The van der Waals surface area contributed by atoms with Gasteiger partial charge in [0.1, 0.15) is 11.5 Å². The summed E-state index contributed by atoms with van der Waals surface area (Å²) in [5.41, 5.74) is 5.85. The normalized spacial score (nSPS) is 10.3. The number of primary amides is 1. The van der Waals surface area contributed by atoms with Crippen LogP contribution in [0.4, 0.5) is 10.1 Å². The van der Waals surface area contributed by atoms with E-state index < -0.39 is 17.6 Å². The first-order valence-corrected chi connectivity index (χ1v) is 6.43. The lowest BCUT2D eigenvalue weighted by atomic mass is 10.1. The molecule has 0 aliphatic heterocycles. The number of H-pyrrole nitrogens is 1. The molecular weight excluding hydrogens is 329 g/mol. The lowest BCUT2D eigenvalue weighted by molar-refractivity contribution is 0.0995. The van der Waals surface area contributed by atoms with Gasteiger partial charge in [0, 0.05) is 27.5 Å². The first kappa shape index (κ1) is 14.3. The predicted octanol–water partition coefficient (Wildman–Crippen LogP) is 2.58. The number of anilines is 1. The number of hydrogen-bond acceptors (Lipinski definition) is 2. The number of rotatable bonds is 3. The van der Waals surface area contributed by atoms with Crippen molar-refractivity contribution >= 4 is 33.4 Å². The maximum absolute atomic E-state index is 13.7. The van der Waals surface area contributed by atoms with Crippen molar-refractivity contribution in [2.45, 2.75) is 6.92 Å². The fraction of sp³-hybridized carbons (Fsp3) is 0.0769. The summed E-state index contributed by atoms with van der Waals surface area (Å²) in [5.74, 6) is -1.81. The number of nitrogens with two attached hydrogens (primary N) is 1. The van der Waals surface area contributed by atoms with Crippen LogP contribution in [0.5, 0.6) is 0 Å². The van der Waals surface area contributed by atoms with Crippen LogP contribution < -0.4 is 11.1 Å². The highest BCUT2D eigenvalue weighted by Gasteiger charge is 2.14. The van der Waals surface area contributed by atoms with Crippen LogP contribution in [0.25, 0.3) is 0 Å². The van der Waals surface area contributed by atoms with Crippen LogP contribution in [-0.2, 0) is 0 Å². The second-order valence-corrected chi connectivity index (χ2v) is 5.10. The van der Waals surface area contributed by atoms with E-state index in [0.717, 1.165) is 10.5 Å². The lowest BCUT2D eigenvalue weighted by Crippen LogP contribution is -2.16. The van der Waals surface area contributed by atoms with Gasteiger partial charge < -0.3 is 16.0 Å². The van der Waals surface area contributed by atoms with Crippen molar-refractivity contribution in [2.24, 2.45) is 5.73 Å². The molecule has 7 heteroatoms. The zero-order chi connectivity index (χ0) is 14.9. The fourth-order valence-electron chi connectivity index (χ4n) is 1.64. The van der Waals surface area contributed by atoms with E-state index >= 15 is 0 Å². The maximum Gasteiger partial charge on any atom is 0.272 e. The molecule has 0 fully saturated rings. The minimum atomic E-state index is -0.762. The van der Waals surface area contributed by atoms with E-state index in [1.807, 2.05) is 0 Å². The topological polar surface area (TPSA) is 88.0 Å². The van der Waals surface area contributed by atoms with Gasteiger partial charge in [-0.25, -0.2) is 4.39 Å².